The van der Waals surface area contributed by atoms with Crippen molar-refractivity contribution in [3.63, 3.8) is 0 Å². The Morgan fingerprint density at radius 3 is 1.45 bits per heavy atom. The van der Waals surface area contributed by atoms with Crippen molar-refractivity contribution >= 4 is 41.5 Å². The molecule has 2 aromatic rings. The lowest BCUT2D eigenvalue weighted by Gasteiger charge is -2.15. The van der Waals surface area contributed by atoms with Crippen LogP contribution >= 0.6 is 12.4 Å². The topological polar surface area (TPSA) is 72.3 Å². The molecule has 2 amide bonds. The van der Waals surface area contributed by atoms with Gasteiger partial charge in [0.25, 0.3) is 0 Å². The largest absolute Gasteiger partial charge is 0.358 e. The van der Waals surface area contributed by atoms with Crippen molar-refractivity contribution in [2.24, 2.45) is 9.98 Å². The molecule has 2 aromatic carbocycles. The standard InChI is InChI=1S/C21H24N6O.ClH/c1-26-13-11-22-19(26)15-3-7-17(8-4-15)24-21(28)25-18-9-5-16(6-10-18)20-23-12-14-27(20)2;/h3-10H,11-14H2,1-2H3,(H2,24,25,28);1H. The third kappa shape index (κ3) is 4.68. The van der Waals surface area contributed by atoms with Gasteiger partial charge < -0.3 is 20.4 Å². The Morgan fingerprint density at radius 2 is 1.14 bits per heavy atom. The molecule has 7 nitrogen and oxygen atoms in total. The Bertz CT molecular complexity index is 848. The first-order valence-corrected chi connectivity index (χ1v) is 9.40. The number of anilines is 2. The highest BCUT2D eigenvalue weighted by molar-refractivity contribution is 6.03. The highest BCUT2D eigenvalue weighted by Gasteiger charge is 2.15. The molecule has 8 heteroatoms. The second-order valence-electron chi connectivity index (χ2n) is 6.99. The van der Waals surface area contributed by atoms with E-state index in [1.807, 2.05) is 62.6 Å². The minimum absolute atomic E-state index is 0. The summed E-state index contributed by atoms with van der Waals surface area (Å²) in [5.41, 5.74) is 3.59. The van der Waals surface area contributed by atoms with Crippen molar-refractivity contribution < 1.29 is 4.79 Å². The Morgan fingerprint density at radius 1 is 0.759 bits per heavy atom. The highest BCUT2D eigenvalue weighted by atomic mass is 35.5. The fraction of sp³-hybridized carbons (Fsp3) is 0.286. The average molecular weight is 413 g/mol. The number of nitrogens with one attached hydrogen (secondary N) is 2. The Labute approximate surface area is 176 Å². The zero-order chi connectivity index (χ0) is 19.5. The molecule has 0 spiro atoms. The summed E-state index contributed by atoms with van der Waals surface area (Å²) in [6.45, 7) is 3.55. The van der Waals surface area contributed by atoms with Crippen LogP contribution in [-0.2, 0) is 0 Å². The number of rotatable bonds is 4. The van der Waals surface area contributed by atoms with Gasteiger partial charge in [0, 0.05) is 49.7 Å². The second kappa shape index (κ2) is 8.96. The number of carbonyl (C=O) groups is 1. The molecule has 152 valence electrons. The number of carbonyl (C=O) groups excluding carboxylic acids is 1. The number of nitrogens with zero attached hydrogens (tertiary/aromatic N) is 4. The number of halogens is 1. The van der Waals surface area contributed by atoms with E-state index in [4.69, 9.17) is 0 Å². The van der Waals surface area contributed by atoms with Gasteiger partial charge in [-0.3, -0.25) is 9.98 Å². The molecule has 4 rings (SSSR count). The summed E-state index contributed by atoms with van der Waals surface area (Å²) < 4.78 is 0. The van der Waals surface area contributed by atoms with Gasteiger partial charge in [-0.1, -0.05) is 0 Å². The summed E-state index contributed by atoms with van der Waals surface area (Å²) in [5, 5.41) is 5.72. The van der Waals surface area contributed by atoms with Crippen LogP contribution in [0.2, 0.25) is 0 Å². The summed E-state index contributed by atoms with van der Waals surface area (Å²) in [5.74, 6) is 1.99. The summed E-state index contributed by atoms with van der Waals surface area (Å²) in [4.78, 5) is 25.6. The molecule has 0 atom stereocenters. The molecule has 2 heterocycles. The lowest BCUT2D eigenvalue weighted by Crippen LogP contribution is -2.24. The minimum atomic E-state index is -0.272. The van der Waals surface area contributed by atoms with Crippen molar-refractivity contribution in [1.82, 2.24) is 9.80 Å². The third-order valence-electron chi connectivity index (χ3n) is 4.92. The van der Waals surface area contributed by atoms with Crippen LogP contribution in [0.15, 0.2) is 58.5 Å². The van der Waals surface area contributed by atoms with E-state index in [2.05, 4.69) is 30.4 Å². The fourth-order valence-electron chi connectivity index (χ4n) is 3.39. The summed E-state index contributed by atoms with van der Waals surface area (Å²) >= 11 is 0. The molecule has 0 aromatic heterocycles. The molecule has 29 heavy (non-hydrogen) atoms. The Balaban J connectivity index is 0.00000240. The highest BCUT2D eigenvalue weighted by Crippen LogP contribution is 2.16. The zero-order valence-electron chi connectivity index (χ0n) is 16.6. The van der Waals surface area contributed by atoms with E-state index in [9.17, 15) is 4.79 Å². The number of benzene rings is 2. The van der Waals surface area contributed by atoms with Gasteiger partial charge >= 0.3 is 6.03 Å². The van der Waals surface area contributed by atoms with E-state index in [0.29, 0.717) is 0 Å². The van der Waals surface area contributed by atoms with E-state index in [1.165, 1.54) is 0 Å². The number of urea groups is 1. The van der Waals surface area contributed by atoms with Gasteiger partial charge in [0.1, 0.15) is 11.7 Å². The molecule has 2 aliphatic rings. The summed E-state index contributed by atoms with van der Waals surface area (Å²) in [7, 11) is 4.07. The van der Waals surface area contributed by atoms with Gasteiger partial charge in [-0.05, 0) is 48.5 Å². The Kier molecular flexibility index (Phi) is 6.39. The molecule has 0 saturated carbocycles. The number of amidine groups is 2. The van der Waals surface area contributed by atoms with E-state index in [0.717, 1.165) is 60.4 Å². The predicted octanol–water partition coefficient (Wildman–Crippen LogP) is 3.14. The molecular weight excluding hydrogens is 388 g/mol. The lowest BCUT2D eigenvalue weighted by molar-refractivity contribution is 0.262. The molecule has 0 saturated heterocycles. The molecular formula is C21H25ClN6O. The van der Waals surface area contributed by atoms with E-state index < -0.39 is 0 Å². The van der Waals surface area contributed by atoms with Crippen LogP contribution in [0.3, 0.4) is 0 Å². The smallest absolute Gasteiger partial charge is 0.323 e. The number of hydrogen-bond acceptors (Lipinski definition) is 5. The van der Waals surface area contributed by atoms with Crippen molar-refractivity contribution in [2.75, 3.05) is 50.9 Å². The maximum absolute atomic E-state index is 12.3. The first-order valence-electron chi connectivity index (χ1n) is 9.40. The quantitative estimate of drug-likeness (QED) is 0.810. The normalized spacial score (nSPS) is 15.5. The van der Waals surface area contributed by atoms with Gasteiger partial charge in [0.2, 0.25) is 0 Å². The maximum atomic E-state index is 12.3. The fourth-order valence-corrected chi connectivity index (χ4v) is 3.39. The molecule has 0 unspecified atom stereocenters. The number of hydrogen-bond donors (Lipinski definition) is 2. The Hall–Kier alpha value is -3.06. The number of amides is 2. The van der Waals surface area contributed by atoms with Crippen LogP contribution in [0.1, 0.15) is 11.1 Å². The van der Waals surface area contributed by atoms with Crippen LogP contribution in [0.4, 0.5) is 16.2 Å². The van der Waals surface area contributed by atoms with Crippen LogP contribution < -0.4 is 10.6 Å². The third-order valence-corrected chi connectivity index (χ3v) is 4.92. The van der Waals surface area contributed by atoms with Crippen molar-refractivity contribution in [3.05, 3.63) is 59.7 Å². The maximum Gasteiger partial charge on any atom is 0.323 e. The molecule has 0 radical (unpaired) electrons. The van der Waals surface area contributed by atoms with Gasteiger partial charge in [-0.2, -0.15) is 0 Å². The molecule has 0 bridgehead atoms. The molecule has 0 fully saturated rings. The van der Waals surface area contributed by atoms with Crippen molar-refractivity contribution in [2.45, 2.75) is 0 Å². The van der Waals surface area contributed by atoms with Gasteiger partial charge in [-0.25, -0.2) is 4.79 Å². The molecule has 0 aliphatic carbocycles. The van der Waals surface area contributed by atoms with Crippen LogP contribution in [0.5, 0.6) is 0 Å². The van der Waals surface area contributed by atoms with Gasteiger partial charge in [0.05, 0.1) is 13.1 Å². The van der Waals surface area contributed by atoms with E-state index in [1.54, 1.807) is 0 Å². The first-order chi connectivity index (χ1) is 13.6. The van der Waals surface area contributed by atoms with Crippen LogP contribution in [0, 0.1) is 0 Å². The monoisotopic (exact) mass is 412 g/mol. The predicted molar refractivity (Wildman–Crippen MR) is 121 cm³/mol. The summed E-state index contributed by atoms with van der Waals surface area (Å²) in [6, 6.07) is 15.2. The lowest BCUT2D eigenvalue weighted by atomic mass is 10.2. The number of likely N-dealkylation sites (N-methyl/N-ethyl adjacent to an activating group) is 2. The average Bonchev–Trinajstić information content (AvgIpc) is 3.31. The van der Waals surface area contributed by atoms with Crippen molar-refractivity contribution in [1.29, 1.82) is 0 Å². The van der Waals surface area contributed by atoms with Gasteiger partial charge in [0.15, 0.2) is 0 Å². The van der Waals surface area contributed by atoms with E-state index in [-0.39, 0.29) is 18.4 Å². The zero-order valence-corrected chi connectivity index (χ0v) is 17.4. The van der Waals surface area contributed by atoms with E-state index >= 15 is 0 Å². The first kappa shape index (κ1) is 20.7. The molecule has 2 N–H and O–H groups in total. The summed E-state index contributed by atoms with van der Waals surface area (Å²) in [6.07, 6.45) is 0. The minimum Gasteiger partial charge on any atom is -0.358 e. The van der Waals surface area contributed by atoms with Crippen LogP contribution in [-0.4, -0.2) is 67.8 Å². The second-order valence-corrected chi connectivity index (χ2v) is 6.99. The van der Waals surface area contributed by atoms with Gasteiger partial charge in [-0.15, -0.1) is 12.4 Å². The van der Waals surface area contributed by atoms with Crippen molar-refractivity contribution in [3.8, 4) is 0 Å². The van der Waals surface area contributed by atoms with Crippen LogP contribution in [0.25, 0.3) is 0 Å². The SMILES string of the molecule is CN1CCN=C1c1ccc(NC(=O)Nc2ccc(C3=NCCN3C)cc2)cc1.Cl. The molecule has 2 aliphatic heterocycles. The number of aliphatic imine (C=N–C) groups is 2.